The molecule has 6 heteroatoms. The van der Waals surface area contributed by atoms with Crippen LogP contribution in [0.1, 0.15) is 56.4 Å². The Labute approximate surface area is 262 Å². The zero-order valence-corrected chi connectivity index (χ0v) is 25.6. The summed E-state index contributed by atoms with van der Waals surface area (Å²) < 4.78 is 12.7. The number of ether oxygens (including phenoxy) is 2. The van der Waals surface area contributed by atoms with Gasteiger partial charge in [-0.1, -0.05) is 76.2 Å². The quantitative estimate of drug-likeness (QED) is 0.201. The summed E-state index contributed by atoms with van der Waals surface area (Å²) in [6.07, 6.45) is 0.830. The first-order valence-corrected chi connectivity index (χ1v) is 15.1. The van der Waals surface area contributed by atoms with Crippen LogP contribution < -0.4 is 19.3 Å². The predicted octanol–water partition coefficient (Wildman–Crippen LogP) is 10.5. The Bertz CT molecular complexity index is 1910. The van der Waals surface area contributed by atoms with Gasteiger partial charge < -0.3 is 19.3 Å². The second-order valence-corrected chi connectivity index (χ2v) is 13.1. The van der Waals surface area contributed by atoms with Crippen LogP contribution in [0.15, 0.2) is 97.1 Å². The molecule has 5 aromatic rings. The molecule has 0 aromatic heterocycles. The average molecular weight is 587 g/mol. The number of anilines is 6. The van der Waals surface area contributed by atoms with Crippen LogP contribution in [-0.2, 0) is 10.8 Å². The van der Waals surface area contributed by atoms with Gasteiger partial charge in [0, 0.05) is 0 Å². The SMILES string of the molecule is CC1(C)CC(C)(C)c2c(N3c4ccccc4Oc4ccccc43)c(C#N)c(C#N)c(N3c4ccccc4Oc4ccccc43)c21. The van der Waals surface area contributed by atoms with E-state index in [1.165, 1.54) is 0 Å². The second-order valence-electron chi connectivity index (χ2n) is 13.1. The lowest BCUT2D eigenvalue weighted by molar-refractivity contribution is 0.403. The molecule has 0 fully saturated rings. The molecule has 8 rings (SSSR count). The van der Waals surface area contributed by atoms with Crippen LogP contribution in [0.3, 0.4) is 0 Å². The van der Waals surface area contributed by atoms with E-state index in [1.54, 1.807) is 0 Å². The molecule has 0 saturated carbocycles. The summed E-state index contributed by atoms with van der Waals surface area (Å²) in [5.41, 5.74) is 6.91. The Kier molecular flexibility index (Phi) is 5.61. The van der Waals surface area contributed by atoms with E-state index in [2.05, 4.69) is 49.6 Å². The number of hydrogen-bond acceptors (Lipinski definition) is 6. The maximum absolute atomic E-state index is 11.1. The molecule has 0 bridgehead atoms. The van der Waals surface area contributed by atoms with Gasteiger partial charge in [-0.2, -0.15) is 10.5 Å². The molecule has 0 amide bonds. The van der Waals surface area contributed by atoms with Gasteiger partial charge in [-0.25, -0.2) is 0 Å². The van der Waals surface area contributed by atoms with Gasteiger partial charge >= 0.3 is 0 Å². The third-order valence-corrected chi connectivity index (χ3v) is 9.22. The molecule has 45 heavy (non-hydrogen) atoms. The van der Waals surface area contributed by atoms with E-state index in [1.807, 2.05) is 97.1 Å². The fourth-order valence-corrected chi connectivity index (χ4v) is 7.88. The summed E-state index contributed by atoms with van der Waals surface area (Å²) in [6, 6.07) is 36.6. The molecule has 0 saturated heterocycles. The van der Waals surface area contributed by atoms with E-state index in [-0.39, 0.29) is 10.8 Å². The molecule has 5 aromatic carbocycles. The molecule has 0 unspecified atom stereocenters. The minimum atomic E-state index is -0.337. The summed E-state index contributed by atoms with van der Waals surface area (Å²) in [5, 5.41) is 22.2. The van der Waals surface area contributed by atoms with E-state index in [0.717, 1.165) is 51.7 Å². The summed E-state index contributed by atoms with van der Waals surface area (Å²) in [6.45, 7) is 9.00. The molecule has 3 aliphatic rings. The number of nitriles is 2. The number of benzene rings is 5. The fraction of sp³-hybridized carbons (Fsp3) is 0.179. The third kappa shape index (κ3) is 3.73. The lowest BCUT2D eigenvalue weighted by atomic mass is 9.81. The molecular weight excluding hydrogens is 556 g/mol. The zero-order chi connectivity index (χ0) is 31.1. The predicted molar refractivity (Wildman–Crippen MR) is 176 cm³/mol. The molecule has 0 spiro atoms. The highest BCUT2D eigenvalue weighted by Crippen LogP contribution is 2.64. The van der Waals surface area contributed by atoms with Crippen LogP contribution in [0.25, 0.3) is 0 Å². The number of para-hydroxylation sites is 8. The van der Waals surface area contributed by atoms with Gasteiger partial charge in [0.15, 0.2) is 23.0 Å². The smallest absolute Gasteiger partial charge is 0.151 e. The molecule has 2 heterocycles. The van der Waals surface area contributed by atoms with Crippen molar-refractivity contribution in [2.75, 3.05) is 9.80 Å². The van der Waals surface area contributed by atoms with Crippen LogP contribution in [0, 0.1) is 22.7 Å². The second kappa shape index (κ2) is 9.39. The summed E-state index contributed by atoms with van der Waals surface area (Å²) >= 11 is 0. The maximum atomic E-state index is 11.1. The minimum absolute atomic E-state index is 0.337. The first kappa shape index (κ1) is 26.9. The number of hydrogen-bond donors (Lipinski definition) is 0. The number of rotatable bonds is 2. The lowest BCUT2D eigenvalue weighted by Crippen LogP contribution is -2.26. The minimum Gasteiger partial charge on any atom is -0.453 e. The lowest BCUT2D eigenvalue weighted by Gasteiger charge is -2.40. The Morgan fingerprint density at radius 2 is 0.800 bits per heavy atom. The van der Waals surface area contributed by atoms with Crippen molar-refractivity contribution < 1.29 is 9.47 Å². The van der Waals surface area contributed by atoms with Gasteiger partial charge in [0.2, 0.25) is 0 Å². The van der Waals surface area contributed by atoms with Crippen molar-refractivity contribution in [2.45, 2.75) is 44.9 Å². The van der Waals surface area contributed by atoms with E-state index in [4.69, 9.17) is 9.47 Å². The monoisotopic (exact) mass is 586 g/mol. The fourth-order valence-electron chi connectivity index (χ4n) is 7.88. The van der Waals surface area contributed by atoms with Crippen molar-refractivity contribution in [1.82, 2.24) is 0 Å². The molecule has 0 N–H and O–H groups in total. The number of fused-ring (bicyclic) bond motifs is 5. The topological polar surface area (TPSA) is 72.5 Å². The first-order chi connectivity index (χ1) is 21.7. The van der Waals surface area contributed by atoms with Gasteiger partial charge in [-0.05, 0) is 76.9 Å². The maximum Gasteiger partial charge on any atom is 0.151 e. The van der Waals surface area contributed by atoms with Crippen LogP contribution in [0.4, 0.5) is 34.1 Å². The van der Waals surface area contributed by atoms with E-state index in [0.29, 0.717) is 34.1 Å². The molecular formula is C39H30N4O2. The Hall–Kier alpha value is -5.72. The molecule has 0 atom stereocenters. The molecule has 6 nitrogen and oxygen atoms in total. The highest BCUT2D eigenvalue weighted by Gasteiger charge is 2.50. The first-order valence-electron chi connectivity index (χ1n) is 15.1. The van der Waals surface area contributed by atoms with Gasteiger partial charge in [0.1, 0.15) is 12.1 Å². The van der Waals surface area contributed by atoms with Crippen molar-refractivity contribution in [3.05, 3.63) is 119 Å². The molecule has 1 aliphatic carbocycles. The van der Waals surface area contributed by atoms with E-state index < -0.39 is 0 Å². The van der Waals surface area contributed by atoms with Crippen LogP contribution in [0.2, 0.25) is 0 Å². The van der Waals surface area contributed by atoms with Crippen molar-refractivity contribution in [2.24, 2.45) is 0 Å². The van der Waals surface area contributed by atoms with Gasteiger partial charge in [0.25, 0.3) is 0 Å². The Morgan fingerprint density at radius 1 is 0.511 bits per heavy atom. The molecule has 218 valence electrons. The highest BCUT2D eigenvalue weighted by molar-refractivity contribution is 5.98. The van der Waals surface area contributed by atoms with Crippen LogP contribution in [-0.4, -0.2) is 0 Å². The van der Waals surface area contributed by atoms with E-state index >= 15 is 0 Å². The average Bonchev–Trinajstić information content (AvgIpc) is 3.24. The summed E-state index contributed by atoms with van der Waals surface area (Å²) in [4.78, 5) is 4.28. The summed E-state index contributed by atoms with van der Waals surface area (Å²) in [5.74, 6) is 2.79. The molecule has 0 radical (unpaired) electrons. The largest absolute Gasteiger partial charge is 0.453 e. The van der Waals surface area contributed by atoms with Crippen molar-refractivity contribution >= 4 is 34.1 Å². The number of nitrogens with zero attached hydrogens (tertiary/aromatic N) is 4. The highest BCUT2D eigenvalue weighted by atomic mass is 16.5. The van der Waals surface area contributed by atoms with Crippen LogP contribution >= 0.6 is 0 Å². The van der Waals surface area contributed by atoms with Crippen molar-refractivity contribution in [3.8, 4) is 35.1 Å². The molecule has 2 aliphatic heterocycles. The van der Waals surface area contributed by atoms with Crippen LogP contribution in [0.5, 0.6) is 23.0 Å². The van der Waals surface area contributed by atoms with Gasteiger partial charge in [0.05, 0.1) is 45.3 Å². The van der Waals surface area contributed by atoms with E-state index in [9.17, 15) is 10.5 Å². The van der Waals surface area contributed by atoms with Crippen molar-refractivity contribution in [1.29, 1.82) is 10.5 Å². The summed E-state index contributed by atoms with van der Waals surface area (Å²) in [7, 11) is 0. The van der Waals surface area contributed by atoms with Crippen molar-refractivity contribution in [3.63, 3.8) is 0 Å². The Balaban J connectivity index is 1.55. The van der Waals surface area contributed by atoms with Gasteiger partial charge in [-0.15, -0.1) is 0 Å². The zero-order valence-electron chi connectivity index (χ0n) is 25.6. The normalized spacial score (nSPS) is 16.0. The standard InChI is InChI=1S/C39H30N4O2/c1-38(2)23-39(3,4)35-34(38)36(42-26-13-5-9-17-30(26)44-31-18-10-6-14-27(31)42)24(21-40)25(22-41)37(35)43-28-15-7-11-19-32(28)45-33-20-12-8-16-29(33)43/h5-20H,23H2,1-4H3. The van der Waals surface area contributed by atoms with Gasteiger partial charge in [-0.3, -0.25) is 0 Å². The Morgan fingerprint density at radius 3 is 1.09 bits per heavy atom. The third-order valence-electron chi connectivity index (χ3n) is 9.22.